The topological polar surface area (TPSA) is 71.3 Å². The van der Waals surface area contributed by atoms with E-state index in [1.807, 2.05) is 27.7 Å². The summed E-state index contributed by atoms with van der Waals surface area (Å²) in [5.41, 5.74) is 0. The molecule has 0 saturated heterocycles. The van der Waals surface area contributed by atoms with Gasteiger partial charge in [-0.15, -0.1) is 0 Å². The number of carbonyl (C=O) groups excluding carboxylic acids is 2. The van der Waals surface area contributed by atoms with Crippen LogP contribution in [0.2, 0.25) is 0 Å². The predicted octanol–water partition coefficient (Wildman–Crippen LogP) is 2.08. The average molecular weight is 280 g/mol. The minimum absolute atomic E-state index is 0.108. The molecule has 0 aromatic carbocycles. The van der Waals surface area contributed by atoms with Crippen molar-refractivity contribution in [1.82, 2.24) is 10.6 Å². The van der Waals surface area contributed by atoms with Crippen LogP contribution < -0.4 is 10.6 Å². The second kappa shape index (κ2) is 7.72. The first-order valence-electron chi connectivity index (χ1n) is 7.00. The van der Waals surface area contributed by atoms with Crippen molar-refractivity contribution < 1.29 is 14.0 Å². The normalized spacial score (nSPS) is 12.5. The van der Waals surface area contributed by atoms with Gasteiger partial charge in [0.05, 0.1) is 12.8 Å². The van der Waals surface area contributed by atoms with Gasteiger partial charge in [-0.2, -0.15) is 0 Å². The van der Waals surface area contributed by atoms with E-state index in [0.29, 0.717) is 24.6 Å². The summed E-state index contributed by atoms with van der Waals surface area (Å²) in [6, 6.07) is 3.07. The first-order chi connectivity index (χ1) is 9.40. The van der Waals surface area contributed by atoms with Crippen molar-refractivity contribution in [3.63, 3.8) is 0 Å². The molecule has 1 rings (SSSR count). The summed E-state index contributed by atoms with van der Waals surface area (Å²) in [4.78, 5) is 23.9. The van der Waals surface area contributed by atoms with E-state index >= 15 is 0 Å². The fourth-order valence-corrected chi connectivity index (χ4v) is 1.75. The lowest BCUT2D eigenvalue weighted by Crippen LogP contribution is -2.48. The molecule has 1 atom stereocenters. The van der Waals surface area contributed by atoms with Crippen LogP contribution in [-0.2, 0) is 16.1 Å². The quantitative estimate of drug-likeness (QED) is 0.803. The summed E-state index contributed by atoms with van der Waals surface area (Å²) in [5, 5.41) is 5.58. The highest BCUT2D eigenvalue weighted by molar-refractivity contribution is 5.88. The van der Waals surface area contributed by atoms with Crippen molar-refractivity contribution in [3.8, 4) is 0 Å². The molecule has 5 nitrogen and oxygen atoms in total. The maximum absolute atomic E-state index is 12.2. The van der Waals surface area contributed by atoms with Crippen LogP contribution in [0, 0.1) is 11.8 Å². The Morgan fingerprint density at radius 3 is 2.40 bits per heavy atom. The molecule has 1 heterocycles. The summed E-state index contributed by atoms with van der Waals surface area (Å²) in [5.74, 6) is 0.592. The third kappa shape index (κ3) is 5.47. The standard InChI is InChI=1S/C15H24N2O3/c1-10(2)8-13(17-14(18)11(3)4)15(19)16-9-12-6-5-7-20-12/h5-7,10-11,13H,8-9H2,1-4H3,(H,16,19)(H,17,18)/t13-/m0/s1. The summed E-state index contributed by atoms with van der Waals surface area (Å²) >= 11 is 0. The van der Waals surface area contributed by atoms with Gasteiger partial charge in [-0.25, -0.2) is 0 Å². The molecule has 5 heteroatoms. The minimum Gasteiger partial charge on any atom is -0.467 e. The van der Waals surface area contributed by atoms with Crippen LogP contribution >= 0.6 is 0 Å². The van der Waals surface area contributed by atoms with E-state index in [2.05, 4.69) is 10.6 Å². The number of furan rings is 1. The highest BCUT2D eigenvalue weighted by Crippen LogP contribution is 2.07. The first-order valence-corrected chi connectivity index (χ1v) is 7.00. The van der Waals surface area contributed by atoms with E-state index in [4.69, 9.17) is 4.42 Å². The first kappa shape index (κ1) is 16.3. The van der Waals surface area contributed by atoms with Gasteiger partial charge in [-0.1, -0.05) is 27.7 Å². The summed E-state index contributed by atoms with van der Waals surface area (Å²) < 4.78 is 5.16. The largest absolute Gasteiger partial charge is 0.467 e. The van der Waals surface area contributed by atoms with Crippen LogP contribution in [0.3, 0.4) is 0 Å². The third-order valence-corrected chi connectivity index (χ3v) is 2.88. The maximum atomic E-state index is 12.2. The van der Waals surface area contributed by atoms with Gasteiger partial charge in [0, 0.05) is 5.92 Å². The van der Waals surface area contributed by atoms with E-state index < -0.39 is 6.04 Å². The zero-order valence-electron chi connectivity index (χ0n) is 12.6. The fraction of sp³-hybridized carbons (Fsp3) is 0.600. The van der Waals surface area contributed by atoms with E-state index in [0.717, 1.165) is 0 Å². The van der Waals surface area contributed by atoms with Gasteiger partial charge in [-0.05, 0) is 24.5 Å². The zero-order chi connectivity index (χ0) is 15.1. The van der Waals surface area contributed by atoms with Crippen molar-refractivity contribution >= 4 is 11.8 Å². The van der Waals surface area contributed by atoms with E-state index in [-0.39, 0.29) is 17.7 Å². The second-order valence-corrected chi connectivity index (χ2v) is 5.64. The van der Waals surface area contributed by atoms with Crippen LogP contribution in [0.15, 0.2) is 22.8 Å². The molecule has 0 unspecified atom stereocenters. The molecule has 0 saturated carbocycles. The van der Waals surface area contributed by atoms with Crippen LogP contribution in [0.4, 0.5) is 0 Å². The number of carbonyl (C=O) groups is 2. The lowest BCUT2D eigenvalue weighted by atomic mass is 10.0. The number of hydrogen-bond acceptors (Lipinski definition) is 3. The molecule has 0 aliphatic carbocycles. The van der Waals surface area contributed by atoms with Gasteiger partial charge >= 0.3 is 0 Å². The van der Waals surface area contributed by atoms with Crippen molar-refractivity contribution in [2.45, 2.75) is 46.7 Å². The third-order valence-electron chi connectivity index (χ3n) is 2.88. The predicted molar refractivity (Wildman–Crippen MR) is 76.8 cm³/mol. The zero-order valence-corrected chi connectivity index (χ0v) is 12.6. The van der Waals surface area contributed by atoms with Crippen LogP contribution in [0.5, 0.6) is 0 Å². The minimum atomic E-state index is -0.500. The van der Waals surface area contributed by atoms with E-state index in [9.17, 15) is 9.59 Å². The highest BCUT2D eigenvalue weighted by Gasteiger charge is 2.22. The van der Waals surface area contributed by atoms with Crippen LogP contribution in [0.1, 0.15) is 39.9 Å². The Hall–Kier alpha value is -1.78. The van der Waals surface area contributed by atoms with Crippen LogP contribution in [0.25, 0.3) is 0 Å². The Bertz CT molecular complexity index is 424. The fourth-order valence-electron chi connectivity index (χ4n) is 1.75. The van der Waals surface area contributed by atoms with Gasteiger partial charge in [0.25, 0.3) is 0 Å². The molecule has 0 radical (unpaired) electrons. The Balaban J connectivity index is 2.57. The molecule has 1 aromatic heterocycles. The lowest BCUT2D eigenvalue weighted by Gasteiger charge is -2.21. The van der Waals surface area contributed by atoms with E-state index in [1.54, 1.807) is 18.4 Å². The van der Waals surface area contributed by atoms with Crippen molar-refractivity contribution in [2.24, 2.45) is 11.8 Å². The molecule has 2 N–H and O–H groups in total. The molecular formula is C15H24N2O3. The maximum Gasteiger partial charge on any atom is 0.242 e. The molecule has 112 valence electrons. The molecule has 0 aliphatic rings. The van der Waals surface area contributed by atoms with Crippen molar-refractivity contribution in [3.05, 3.63) is 24.2 Å². The molecule has 0 spiro atoms. The van der Waals surface area contributed by atoms with Crippen LogP contribution in [-0.4, -0.2) is 17.9 Å². The SMILES string of the molecule is CC(C)C[C@H](NC(=O)C(C)C)C(=O)NCc1ccco1. The Morgan fingerprint density at radius 1 is 1.20 bits per heavy atom. The monoisotopic (exact) mass is 280 g/mol. The van der Waals surface area contributed by atoms with Gasteiger partial charge in [-0.3, -0.25) is 9.59 Å². The lowest BCUT2D eigenvalue weighted by molar-refractivity contribution is -0.131. The highest BCUT2D eigenvalue weighted by atomic mass is 16.3. The Kier molecular flexibility index (Phi) is 6.28. The summed E-state index contributed by atoms with van der Waals surface area (Å²) in [6.07, 6.45) is 2.18. The summed E-state index contributed by atoms with van der Waals surface area (Å²) in [6.45, 7) is 7.99. The number of rotatable bonds is 7. The molecule has 20 heavy (non-hydrogen) atoms. The summed E-state index contributed by atoms with van der Waals surface area (Å²) in [7, 11) is 0. The Morgan fingerprint density at radius 2 is 1.90 bits per heavy atom. The average Bonchev–Trinajstić information content (AvgIpc) is 2.87. The van der Waals surface area contributed by atoms with Crippen molar-refractivity contribution in [1.29, 1.82) is 0 Å². The van der Waals surface area contributed by atoms with Gasteiger partial charge in [0.2, 0.25) is 11.8 Å². The molecule has 1 aromatic rings. The molecule has 0 aliphatic heterocycles. The van der Waals surface area contributed by atoms with E-state index in [1.165, 1.54) is 0 Å². The number of amides is 2. The van der Waals surface area contributed by atoms with Gasteiger partial charge < -0.3 is 15.1 Å². The molecule has 0 fully saturated rings. The number of nitrogens with one attached hydrogen (secondary N) is 2. The molecular weight excluding hydrogens is 256 g/mol. The smallest absolute Gasteiger partial charge is 0.242 e. The molecule has 0 bridgehead atoms. The van der Waals surface area contributed by atoms with Gasteiger partial charge in [0.15, 0.2) is 0 Å². The molecule has 2 amide bonds. The second-order valence-electron chi connectivity index (χ2n) is 5.64. The Labute approximate surface area is 120 Å². The van der Waals surface area contributed by atoms with Crippen molar-refractivity contribution in [2.75, 3.05) is 0 Å². The van der Waals surface area contributed by atoms with Gasteiger partial charge in [0.1, 0.15) is 11.8 Å². The number of hydrogen-bond donors (Lipinski definition) is 2.